The smallest absolute Gasteiger partial charge is 0.273 e. The van der Waals surface area contributed by atoms with Crippen LogP contribution in [-0.4, -0.2) is 49.1 Å². The highest BCUT2D eigenvalue weighted by Gasteiger charge is 2.31. The van der Waals surface area contributed by atoms with E-state index in [9.17, 15) is 10.1 Å². The number of nitrogens with one attached hydrogen (secondary N) is 1. The Morgan fingerprint density at radius 3 is 2.90 bits per heavy atom. The van der Waals surface area contributed by atoms with Gasteiger partial charge in [0.2, 0.25) is 0 Å². The van der Waals surface area contributed by atoms with Crippen molar-refractivity contribution in [2.75, 3.05) is 43.4 Å². The van der Waals surface area contributed by atoms with Crippen molar-refractivity contribution in [3.63, 3.8) is 0 Å². The molecular weight excluding hydrogens is 256 g/mol. The molecule has 0 amide bonds. The van der Waals surface area contributed by atoms with Gasteiger partial charge < -0.3 is 10.2 Å². The molecule has 0 saturated carbocycles. The minimum Gasteiger partial charge on any atom is -0.388 e. The Kier molecular flexibility index (Phi) is 3.48. The molecule has 2 fully saturated rings. The maximum atomic E-state index is 11.0. The van der Waals surface area contributed by atoms with Gasteiger partial charge in [0.25, 0.3) is 5.69 Å². The molecule has 0 aliphatic carbocycles. The lowest BCUT2D eigenvalue weighted by molar-refractivity contribution is -0.384. The van der Waals surface area contributed by atoms with Gasteiger partial charge in [0.05, 0.1) is 4.92 Å². The summed E-state index contributed by atoms with van der Waals surface area (Å²) in [5.41, 5.74) is 1.90. The summed E-state index contributed by atoms with van der Waals surface area (Å²) in [6.45, 7) is 4.18. The maximum absolute atomic E-state index is 11.0. The van der Waals surface area contributed by atoms with Crippen LogP contribution in [0.4, 0.5) is 17.1 Å². The summed E-state index contributed by atoms with van der Waals surface area (Å²) in [6.07, 6.45) is 2.51. The van der Waals surface area contributed by atoms with E-state index in [-0.39, 0.29) is 10.6 Å². The first-order valence-corrected chi connectivity index (χ1v) is 7.13. The van der Waals surface area contributed by atoms with Crippen molar-refractivity contribution in [2.24, 2.45) is 0 Å². The van der Waals surface area contributed by atoms with Crippen LogP contribution < -0.4 is 10.2 Å². The number of hydrogen-bond donors (Lipinski definition) is 1. The Bertz CT molecular complexity index is 520. The fourth-order valence-electron chi connectivity index (χ4n) is 3.25. The van der Waals surface area contributed by atoms with Crippen LogP contribution in [0.25, 0.3) is 0 Å². The average molecular weight is 276 g/mol. The molecule has 0 bridgehead atoms. The molecule has 6 nitrogen and oxygen atoms in total. The van der Waals surface area contributed by atoms with Crippen LogP contribution in [0.1, 0.15) is 12.8 Å². The summed E-state index contributed by atoms with van der Waals surface area (Å²) in [4.78, 5) is 15.5. The summed E-state index contributed by atoms with van der Waals surface area (Å²) in [7, 11) is 1.79. The van der Waals surface area contributed by atoms with Gasteiger partial charge in [0.1, 0.15) is 0 Å². The standard InChI is InChI=1S/C14H20N4O2/c1-15-11-7-13(9-14(8-11)18(19)20)17-6-5-16-4-2-3-12(16)10-17/h7-9,12,15H,2-6,10H2,1H3. The van der Waals surface area contributed by atoms with E-state index in [0.717, 1.165) is 31.0 Å². The molecule has 1 aromatic carbocycles. The van der Waals surface area contributed by atoms with Crippen LogP contribution in [-0.2, 0) is 0 Å². The van der Waals surface area contributed by atoms with Gasteiger partial charge in [-0.1, -0.05) is 0 Å². The lowest BCUT2D eigenvalue weighted by atomic mass is 10.1. The molecule has 3 rings (SSSR count). The summed E-state index contributed by atoms with van der Waals surface area (Å²) in [5, 5.41) is 14.0. The normalized spacial score (nSPS) is 22.6. The predicted octanol–water partition coefficient (Wildman–Crippen LogP) is 1.92. The molecule has 0 radical (unpaired) electrons. The Morgan fingerprint density at radius 1 is 1.30 bits per heavy atom. The Balaban J connectivity index is 1.85. The van der Waals surface area contributed by atoms with Crippen LogP contribution in [0.3, 0.4) is 0 Å². The van der Waals surface area contributed by atoms with Crippen LogP contribution in [0.5, 0.6) is 0 Å². The summed E-state index contributed by atoms with van der Waals surface area (Å²) < 4.78 is 0. The van der Waals surface area contributed by atoms with Gasteiger partial charge in [0, 0.05) is 56.2 Å². The molecule has 1 N–H and O–H groups in total. The van der Waals surface area contributed by atoms with Crippen molar-refractivity contribution in [3.05, 3.63) is 28.3 Å². The topological polar surface area (TPSA) is 61.6 Å². The van der Waals surface area contributed by atoms with Gasteiger partial charge in [-0.25, -0.2) is 0 Å². The molecule has 0 aromatic heterocycles. The minimum atomic E-state index is -0.323. The molecule has 0 spiro atoms. The highest BCUT2D eigenvalue weighted by molar-refractivity contribution is 5.64. The zero-order chi connectivity index (χ0) is 14.1. The van der Waals surface area contributed by atoms with Crippen molar-refractivity contribution in [1.29, 1.82) is 0 Å². The molecule has 1 unspecified atom stereocenters. The third-order valence-corrected chi connectivity index (χ3v) is 4.35. The molecule has 6 heteroatoms. The van der Waals surface area contributed by atoms with Crippen molar-refractivity contribution < 1.29 is 4.92 Å². The fraction of sp³-hybridized carbons (Fsp3) is 0.571. The molecule has 1 atom stereocenters. The Hall–Kier alpha value is -1.82. The minimum absolute atomic E-state index is 0.153. The monoisotopic (exact) mass is 276 g/mol. The van der Waals surface area contributed by atoms with Crippen LogP contribution in [0.2, 0.25) is 0 Å². The highest BCUT2D eigenvalue weighted by Crippen LogP contribution is 2.30. The van der Waals surface area contributed by atoms with E-state index >= 15 is 0 Å². The van der Waals surface area contributed by atoms with Crippen molar-refractivity contribution in [2.45, 2.75) is 18.9 Å². The molecule has 2 aliphatic heterocycles. The SMILES string of the molecule is CNc1cc(N2CCN3CCCC3C2)cc([N+](=O)[O-])c1. The largest absolute Gasteiger partial charge is 0.388 e. The van der Waals surface area contributed by atoms with E-state index in [2.05, 4.69) is 15.1 Å². The zero-order valence-electron chi connectivity index (χ0n) is 11.7. The number of nitrogens with zero attached hydrogens (tertiary/aromatic N) is 3. The number of hydrogen-bond acceptors (Lipinski definition) is 5. The highest BCUT2D eigenvalue weighted by atomic mass is 16.6. The second kappa shape index (κ2) is 5.28. The molecule has 1 aromatic rings. The lowest BCUT2D eigenvalue weighted by Crippen LogP contribution is -2.50. The van der Waals surface area contributed by atoms with E-state index < -0.39 is 0 Å². The Morgan fingerprint density at radius 2 is 2.15 bits per heavy atom. The number of piperazine rings is 1. The van der Waals surface area contributed by atoms with E-state index in [1.165, 1.54) is 19.4 Å². The van der Waals surface area contributed by atoms with Crippen LogP contribution in [0, 0.1) is 10.1 Å². The first-order chi connectivity index (χ1) is 9.67. The molecule has 2 saturated heterocycles. The number of anilines is 2. The van der Waals surface area contributed by atoms with Gasteiger partial charge in [-0.3, -0.25) is 15.0 Å². The van der Waals surface area contributed by atoms with Crippen LogP contribution >= 0.6 is 0 Å². The number of rotatable bonds is 3. The zero-order valence-corrected chi connectivity index (χ0v) is 11.7. The first-order valence-electron chi connectivity index (χ1n) is 7.13. The van der Waals surface area contributed by atoms with E-state index in [0.29, 0.717) is 6.04 Å². The third kappa shape index (κ3) is 2.43. The predicted molar refractivity (Wildman–Crippen MR) is 79.5 cm³/mol. The number of fused-ring (bicyclic) bond motifs is 1. The number of benzene rings is 1. The van der Waals surface area contributed by atoms with Crippen molar-refractivity contribution in [3.8, 4) is 0 Å². The number of non-ortho nitro benzene ring substituents is 1. The number of nitro groups is 1. The van der Waals surface area contributed by atoms with Crippen molar-refractivity contribution in [1.82, 2.24) is 4.90 Å². The first kappa shape index (κ1) is 13.2. The summed E-state index contributed by atoms with van der Waals surface area (Å²) >= 11 is 0. The number of nitro benzene ring substituents is 1. The van der Waals surface area contributed by atoms with E-state index in [1.807, 2.05) is 6.07 Å². The molecular formula is C14H20N4O2. The second-order valence-corrected chi connectivity index (χ2v) is 5.52. The fourth-order valence-corrected chi connectivity index (χ4v) is 3.25. The molecule has 20 heavy (non-hydrogen) atoms. The van der Waals surface area contributed by atoms with Crippen LogP contribution in [0.15, 0.2) is 18.2 Å². The quantitative estimate of drug-likeness (QED) is 0.675. The average Bonchev–Trinajstić information content (AvgIpc) is 2.94. The molecule has 108 valence electrons. The van der Waals surface area contributed by atoms with E-state index in [4.69, 9.17) is 0 Å². The van der Waals surface area contributed by atoms with Crippen molar-refractivity contribution >= 4 is 17.1 Å². The third-order valence-electron chi connectivity index (χ3n) is 4.35. The molecule has 2 heterocycles. The summed E-state index contributed by atoms with van der Waals surface area (Å²) in [6, 6.07) is 5.87. The van der Waals surface area contributed by atoms with Gasteiger partial charge in [0.15, 0.2) is 0 Å². The lowest BCUT2D eigenvalue weighted by Gasteiger charge is -2.38. The second-order valence-electron chi connectivity index (χ2n) is 5.52. The maximum Gasteiger partial charge on any atom is 0.273 e. The van der Waals surface area contributed by atoms with Gasteiger partial charge in [-0.05, 0) is 25.5 Å². The Labute approximate surface area is 118 Å². The van der Waals surface area contributed by atoms with Gasteiger partial charge in [-0.15, -0.1) is 0 Å². The van der Waals surface area contributed by atoms with Gasteiger partial charge in [-0.2, -0.15) is 0 Å². The van der Waals surface area contributed by atoms with E-state index in [1.54, 1.807) is 19.2 Å². The molecule has 2 aliphatic rings. The van der Waals surface area contributed by atoms with Gasteiger partial charge >= 0.3 is 0 Å². The summed E-state index contributed by atoms with van der Waals surface area (Å²) in [5.74, 6) is 0.